The predicted octanol–water partition coefficient (Wildman–Crippen LogP) is 2.69. The number of amides is 1. The first-order chi connectivity index (χ1) is 13.2. The maximum atomic E-state index is 12.6. The Bertz CT molecular complexity index is 926. The Morgan fingerprint density at radius 2 is 1.89 bits per heavy atom. The van der Waals surface area contributed by atoms with Crippen molar-refractivity contribution in [3.8, 4) is 11.5 Å². The number of fused-ring (bicyclic) bond motifs is 1. The van der Waals surface area contributed by atoms with Crippen molar-refractivity contribution in [3.05, 3.63) is 66.6 Å². The lowest BCUT2D eigenvalue weighted by Gasteiger charge is -2.30. The Morgan fingerprint density at radius 1 is 1.11 bits per heavy atom. The third-order valence-electron chi connectivity index (χ3n) is 4.32. The van der Waals surface area contributed by atoms with E-state index in [1.54, 1.807) is 23.0 Å². The number of aryl methyl sites for hydroxylation is 2. The molecule has 1 aromatic carbocycles. The standard InChI is InChI=1S/C20H20N4O3/c1-14-19(27-17-8-3-2-7-16(17)26-14)20(25)22-18-10-13-24(23-18)12-9-15-6-4-5-11-21-15/h2-8,10-11,13-14,19H,9,12H2,1H3,(H,22,23,25). The summed E-state index contributed by atoms with van der Waals surface area (Å²) in [6.45, 7) is 2.49. The Hall–Kier alpha value is -3.35. The number of aromatic nitrogens is 3. The van der Waals surface area contributed by atoms with Crippen molar-refractivity contribution in [1.29, 1.82) is 0 Å². The van der Waals surface area contributed by atoms with E-state index in [0.717, 1.165) is 12.1 Å². The van der Waals surface area contributed by atoms with E-state index in [9.17, 15) is 4.79 Å². The number of rotatable bonds is 5. The van der Waals surface area contributed by atoms with E-state index in [2.05, 4.69) is 15.4 Å². The highest BCUT2D eigenvalue weighted by Gasteiger charge is 2.34. The minimum Gasteiger partial charge on any atom is -0.482 e. The van der Waals surface area contributed by atoms with Crippen molar-refractivity contribution in [1.82, 2.24) is 14.8 Å². The zero-order chi connectivity index (χ0) is 18.6. The minimum atomic E-state index is -0.737. The number of hydrogen-bond donors (Lipinski definition) is 1. The number of hydrogen-bond acceptors (Lipinski definition) is 5. The Morgan fingerprint density at radius 3 is 2.67 bits per heavy atom. The largest absolute Gasteiger partial charge is 0.482 e. The van der Waals surface area contributed by atoms with Gasteiger partial charge < -0.3 is 14.8 Å². The summed E-state index contributed by atoms with van der Waals surface area (Å²) in [6, 6.07) is 14.9. The van der Waals surface area contributed by atoms with Gasteiger partial charge in [0.2, 0.25) is 6.10 Å². The predicted molar refractivity (Wildman–Crippen MR) is 99.7 cm³/mol. The lowest BCUT2D eigenvalue weighted by Crippen LogP contribution is -2.46. The van der Waals surface area contributed by atoms with E-state index in [0.29, 0.717) is 23.9 Å². The number of benzene rings is 1. The zero-order valence-corrected chi connectivity index (χ0v) is 14.9. The average molecular weight is 364 g/mol. The smallest absolute Gasteiger partial charge is 0.270 e. The molecule has 27 heavy (non-hydrogen) atoms. The zero-order valence-electron chi connectivity index (χ0n) is 14.9. The molecule has 7 nitrogen and oxygen atoms in total. The van der Waals surface area contributed by atoms with Crippen LogP contribution in [0.2, 0.25) is 0 Å². The Labute approximate surface area is 156 Å². The van der Waals surface area contributed by atoms with E-state index >= 15 is 0 Å². The molecule has 2 unspecified atom stereocenters. The average Bonchev–Trinajstić information content (AvgIpc) is 3.14. The van der Waals surface area contributed by atoms with Crippen molar-refractivity contribution in [2.45, 2.75) is 32.1 Å². The monoisotopic (exact) mass is 364 g/mol. The van der Waals surface area contributed by atoms with E-state index in [-0.39, 0.29) is 5.91 Å². The van der Waals surface area contributed by atoms with Gasteiger partial charge in [-0.25, -0.2) is 0 Å². The number of carbonyl (C=O) groups excluding carboxylic acids is 1. The van der Waals surface area contributed by atoms with Crippen LogP contribution in [-0.4, -0.2) is 32.9 Å². The van der Waals surface area contributed by atoms with Crippen molar-refractivity contribution in [2.24, 2.45) is 0 Å². The second-order valence-electron chi connectivity index (χ2n) is 6.33. The normalized spacial score (nSPS) is 18.1. The van der Waals surface area contributed by atoms with Crippen LogP contribution in [0.4, 0.5) is 5.82 Å². The molecule has 1 amide bonds. The highest BCUT2D eigenvalue weighted by Crippen LogP contribution is 2.33. The number of para-hydroxylation sites is 2. The van der Waals surface area contributed by atoms with E-state index < -0.39 is 12.2 Å². The summed E-state index contributed by atoms with van der Waals surface area (Å²) in [4.78, 5) is 16.9. The number of anilines is 1. The number of pyridine rings is 1. The molecule has 3 heterocycles. The molecule has 2 aromatic heterocycles. The van der Waals surface area contributed by atoms with Gasteiger partial charge in [0.05, 0.1) is 0 Å². The second-order valence-corrected chi connectivity index (χ2v) is 6.33. The van der Waals surface area contributed by atoms with Crippen LogP contribution in [-0.2, 0) is 17.8 Å². The van der Waals surface area contributed by atoms with Gasteiger partial charge in [-0.15, -0.1) is 0 Å². The SMILES string of the molecule is CC1Oc2ccccc2OC1C(=O)Nc1ccn(CCc2ccccn2)n1. The van der Waals surface area contributed by atoms with Gasteiger partial charge in [0.15, 0.2) is 17.3 Å². The number of carbonyl (C=O) groups is 1. The van der Waals surface area contributed by atoms with Gasteiger partial charge >= 0.3 is 0 Å². The summed E-state index contributed by atoms with van der Waals surface area (Å²) in [5.74, 6) is 1.41. The van der Waals surface area contributed by atoms with Gasteiger partial charge in [-0.2, -0.15) is 5.10 Å². The molecule has 4 rings (SSSR count). The molecule has 0 aliphatic carbocycles. The molecule has 0 spiro atoms. The molecular formula is C20H20N4O3. The lowest BCUT2D eigenvalue weighted by atomic mass is 10.1. The molecule has 0 saturated heterocycles. The van der Waals surface area contributed by atoms with Crippen molar-refractivity contribution < 1.29 is 14.3 Å². The number of nitrogens with one attached hydrogen (secondary N) is 1. The van der Waals surface area contributed by atoms with Crippen LogP contribution < -0.4 is 14.8 Å². The quantitative estimate of drug-likeness (QED) is 0.753. The molecule has 7 heteroatoms. The van der Waals surface area contributed by atoms with Crippen molar-refractivity contribution in [3.63, 3.8) is 0 Å². The van der Waals surface area contributed by atoms with Crippen LogP contribution in [0.15, 0.2) is 60.9 Å². The summed E-state index contributed by atoms with van der Waals surface area (Å²) in [5, 5.41) is 7.19. The first-order valence-electron chi connectivity index (χ1n) is 8.85. The fraction of sp³-hybridized carbons (Fsp3) is 0.250. The second kappa shape index (κ2) is 7.49. The fourth-order valence-corrected chi connectivity index (χ4v) is 2.93. The molecule has 0 radical (unpaired) electrons. The third kappa shape index (κ3) is 3.92. The molecule has 2 atom stereocenters. The Balaban J connectivity index is 1.37. The topological polar surface area (TPSA) is 78.3 Å². The number of ether oxygens (including phenoxy) is 2. The van der Waals surface area contributed by atoms with Crippen molar-refractivity contribution in [2.75, 3.05) is 5.32 Å². The van der Waals surface area contributed by atoms with Crippen LogP contribution in [0.3, 0.4) is 0 Å². The molecular weight excluding hydrogens is 344 g/mol. The van der Waals surface area contributed by atoms with Gasteiger partial charge in [-0.3, -0.25) is 14.5 Å². The maximum absolute atomic E-state index is 12.6. The lowest BCUT2D eigenvalue weighted by molar-refractivity contribution is -0.128. The van der Waals surface area contributed by atoms with Gasteiger partial charge in [0.25, 0.3) is 5.91 Å². The van der Waals surface area contributed by atoms with E-state index in [4.69, 9.17) is 9.47 Å². The van der Waals surface area contributed by atoms with Gasteiger partial charge in [0, 0.05) is 37.1 Å². The fourth-order valence-electron chi connectivity index (χ4n) is 2.93. The van der Waals surface area contributed by atoms with Crippen LogP contribution in [0.5, 0.6) is 11.5 Å². The highest BCUT2D eigenvalue weighted by molar-refractivity contribution is 5.94. The maximum Gasteiger partial charge on any atom is 0.270 e. The van der Waals surface area contributed by atoms with Gasteiger partial charge in [-0.1, -0.05) is 18.2 Å². The van der Waals surface area contributed by atoms with Crippen LogP contribution in [0.1, 0.15) is 12.6 Å². The summed E-state index contributed by atoms with van der Waals surface area (Å²) < 4.78 is 13.4. The Kier molecular flexibility index (Phi) is 4.74. The molecule has 0 saturated carbocycles. The van der Waals surface area contributed by atoms with Crippen LogP contribution in [0.25, 0.3) is 0 Å². The molecule has 3 aromatic rings. The molecule has 1 N–H and O–H groups in total. The minimum absolute atomic E-state index is 0.285. The first kappa shape index (κ1) is 17.1. The summed E-state index contributed by atoms with van der Waals surface area (Å²) in [6.07, 6.45) is 3.23. The van der Waals surface area contributed by atoms with E-state index in [1.165, 1.54) is 0 Å². The molecule has 0 bridgehead atoms. The molecule has 1 aliphatic rings. The first-order valence-corrected chi connectivity index (χ1v) is 8.85. The van der Waals surface area contributed by atoms with Crippen molar-refractivity contribution >= 4 is 11.7 Å². The van der Waals surface area contributed by atoms with E-state index in [1.807, 2.05) is 49.5 Å². The van der Waals surface area contributed by atoms with Crippen LogP contribution >= 0.6 is 0 Å². The van der Waals surface area contributed by atoms with Gasteiger partial charge in [-0.05, 0) is 31.2 Å². The number of nitrogens with zero attached hydrogens (tertiary/aromatic N) is 3. The summed E-state index contributed by atoms with van der Waals surface area (Å²) >= 11 is 0. The highest BCUT2D eigenvalue weighted by atomic mass is 16.6. The molecule has 0 fully saturated rings. The molecule has 138 valence electrons. The summed E-state index contributed by atoms with van der Waals surface area (Å²) in [7, 11) is 0. The molecule has 1 aliphatic heterocycles. The van der Waals surface area contributed by atoms with Crippen LogP contribution in [0, 0.1) is 0 Å². The third-order valence-corrected chi connectivity index (χ3v) is 4.32. The van der Waals surface area contributed by atoms with Gasteiger partial charge in [0.1, 0.15) is 6.10 Å². The summed E-state index contributed by atoms with van der Waals surface area (Å²) in [5.41, 5.74) is 0.999.